The van der Waals surface area contributed by atoms with Crippen molar-refractivity contribution in [2.45, 2.75) is 30.6 Å². The van der Waals surface area contributed by atoms with Crippen molar-refractivity contribution in [1.82, 2.24) is 9.55 Å². The van der Waals surface area contributed by atoms with E-state index in [1.807, 2.05) is 0 Å². The van der Waals surface area contributed by atoms with Crippen molar-refractivity contribution in [3.05, 3.63) is 16.7 Å². The highest BCUT2D eigenvalue weighted by Crippen LogP contribution is 2.36. The number of hydrogen-bond donors (Lipinski definition) is 11. The van der Waals surface area contributed by atoms with E-state index in [1.165, 1.54) is 0 Å². The van der Waals surface area contributed by atoms with E-state index >= 15 is 0 Å². The number of nitrogens with zero attached hydrogens (tertiary/aromatic N) is 2. The minimum atomic E-state index is -4.70. The van der Waals surface area contributed by atoms with Crippen LogP contribution in [-0.2, 0) is 18.7 Å². The number of anilines is 2. The number of nitrogens with one attached hydrogen (secondary N) is 1. The third kappa shape index (κ3) is 8.53. The van der Waals surface area contributed by atoms with Crippen molar-refractivity contribution in [3.8, 4) is 0 Å². The van der Waals surface area contributed by atoms with E-state index in [-0.39, 0.29) is 5.69 Å². The van der Waals surface area contributed by atoms with Gasteiger partial charge in [-0.3, -0.25) is 9.13 Å². The summed E-state index contributed by atoms with van der Waals surface area (Å²) < 4.78 is 26.1. The standard InChI is InChI=1S/C12H19N4O10P.H4NO3P/c13-9-4(14-5(11(20)21)3-27(23,24)25)1-16(12(22)15-9)10-8(19)7(18)6(2-17)26-10;1-5(2,3)4/h1,5-8,10,14,17-19H,2-3H2,(H,20,21)(H2,13,15,22)(H2,23,24,25);(H4,1,2,3,4)/t5-,6+,7+,8+,10+;/m0./s1. The lowest BCUT2D eigenvalue weighted by atomic mass is 10.1. The van der Waals surface area contributed by atoms with Gasteiger partial charge in [0.15, 0.2) is 12.0 Å². The van der Waals surface area contributed by atoms with Crippen LogP contribution in [0.3, 0.4) is 0 Å². The second-order valence-corrected chi connectivity index (χ2v) is 9.30. The number of aliphatic carboxylic acids is 1. The fraction of sp³-hybridized carbons (Fsp3) is 0.583. The number of rotatable bonds is 7. The summed E-state index contributed by atoms with van der Waals surface area (Å²) >= 11 is 0. The number of nitrogen functional groups attached to an aromatic ring is 1. The van der Waals surface area contributed by atoms with Gasteiger partial charge in [0.2, 0.25) is 0 Å². The van der Waals surface area contributed by atoms with Crippen LogP contribution >= 0.6 is 15.3 Å². The lowest BCUT2D eigenvalue weighted by Gasteiger charge is -2.21. The Morgan fingerprint density at radius 3 is 2.19 bits per heavy atom. The molecule has 1 aliphatic rings. The van der Waals surface area contributed by atoms with E-state index in [0.29, 0.717) is 4.57 Å². The van der Waals surface area contributed by atoms with Crippen LogP contribution in [-0.4, -0.2) is 92.6 Å². The molecule has 18 nitrogen and oxygen atoms in total. The summed E-state index contributed by atoms with van der Waals surface area (Å²) in [6.07, 6.45) is -5.86. The molecule has 1 aromatic heterocycles. The van der Waals surface area contributed by atoms with Crippen molar-refractivity contribution in [3.63, 3.8) is 0 Å². The van der Waals surface area contributed by atoms with Crippen molar-refractivity contribution in [2.24, 2.45) is 5.50 Å². The molecule has 0 aromatic carbocycles. The molecule has 0 spiro atoms. The maximum atomic E-state index is 12.0. The van der Waals surface area contributed by atoms with Crippen molar-refractivity contribution >= 4 is 32.8 Å². The number of carboxylic acid groups (broad SMARTS) is 1. The smallest absolute Gasteiger partial charge is 0.397 e. The van der Waals surface area contributed by atoms with Crippen LogP contribution in [0.1, 0.15) is 6.23 Å². The van der Waals surface area contributed by atoms with Crippen molar-refractivity contribution in [2.75, 3.05) is 23.8 Å². The molecule has 1 saturated heterocycles. The fourth-order valence-corrected chi connectivity index (χ4v) is 3.22. The van der Waals surface area contributed by atoms with Gasteiger partial charge in [-0.25, -0.2) is 19.7 Å². The number of aromatic nitrogens is 2. The van der Waals surface area contributed by atoms with E-state index in [2.05, 4.69) is 15.8 Å². The van der Waals surface area contributed by atoms with Gasteiger partial charge < -0.3 is 55.8 Å². The number of carboxylic acids is 1. The molecule has 13 N–H and O–H groups in total. The van der Waals surface area contributed by atoms with Gasteiger partial charge >= 0.3 is 27.0 Å². The highest BCUT2D eigenvalue weighted by atomic mass is 31.2. The molecule has 1 aromatic rings. The molecule has 20 heteroatoms. The SMILES string of the molecule is NP(=O)(O)O.Nc1nc(=O)n([C@@H]2O[C@H](CO)[C@@H](O)[C@H]2O)cc1N[C@@H](CP(=O)(O)O)C(=O)O. The molecule has 32 heavy (non-hydrogen) atoms. The van der Waals surface area contributed by atoms with Crippen LogP contribution in [0, 0.1) is 0 Å². The van der Waals surface area contributed by atoms with Crippen LogP contribution in [0.4, 0.5) is 11.5 Å². The molecule has 0 unspecified atom stereocenters. The Hall–Kier alpha value is -1.95. The van der Waals surface area contributed by atoms with E-state index in [4.69, 9.17) is 44.8 Å². The molecule has 0 bridgehead atoms. The van der Waals surface area contributed by atoms with E-state index < -0.39 is 76.2 Å². The summed E-state index contributed by atoms with van der Waals surface area (Å²) in [5, 5.41) is 40.2. The van der Waals surface area contributed by atoms with Crippen LogP contribution in [0.5, 0.6) is 0 Å². The third-order valence-electron chi connectivity index (χ3n) is 3.82. The Labute approximate surface area is 178 Å². The highest BCUT2D eigenvalue weighted by molar-refractivity contribution is 7.51. The van der Waals surface area contributed by atoms with Gasteiger partial charge in [0.25, 0.3) is 0 Å². The van der Waals surface area contributed by atoms with Gasteiger partial charge in [-0.1, -0.05) is 0 Å². The zero-order valence-corrected chi connectivity index (χ0v) is 17.7. The van der Waals surface area contributed by atoms with E-state index in [9.17, 15) is 24.4 Å². The monoisotopic (exact) mass is 507 g/mol. The minimum absolute atomic E-state index is 0.270. The third-order valence-corrected chi connectivity index (χ3v) is 4.66. The number of nitrogens with two attached hydrogens (primary N) is 2. The molecule has 1 aliphatic heterocycles. The van der Waals surface area contributed by atoms with Crippen LogP contribution in [0.15, 0.2) is 11.0 Å². The number of hydrogen-bond acceptors (Lipinski definition) is 11. The summed E-state index contributed by atoms with van der Waals surface area (Å²) in [7, 11) is -8.84. The Morgan fingerprint density at radius 1 is 1.25 bits per heavy atom. The highest BCUT2D eigenvalue weighted by Gasteiger charge is 2.44. The fourth-order valence-electron chi connectivity index (χ4n) is 2.50. The zero-order valence-electron chi connectivity index (χ0n) is 15.9. The number of carbonyl (C=O) groups is 1. The summed E-state index contributed by atoms with van der Waals surface area (Å²) in [6, 6.07) is -1.76. The normalized spacial score (nSPS) is 24.4. The predicted molar refractivity (Wildman–Crippen MR) is 104 cm³/mol. The lowest BCUT2D eigenvalue weighted by Crippen LogP contribution is -2.37. The second kappa shape index (κ2) is 10.8. The van der Waals surface area contributed by atoms with Gasteiger partial charge in [0.1, 0.15) is 24.4 Å². The summed E-state index contributed by atoms with van der Waals surface area (Å²) in [4.78, 5) is 59.5. The molecular formula is C12H23N5O13P2. The van der Waals surface area contributed by atoms with E-state index in [0.717, 1.165) is 6.20 Å². The minimum Gasteiger partial charge on any atom is -0.480 e. The van der Waals surface area contributed by atoms with E-state index in [1.54, 1.807) is 0 Å². The average molecular weight is 507 g/mol. The Bertz CT molecular complexity index is 953. The number of aliphatic hydroxyl groups excluding tert-OH is 3. The van der Waals surface area contributed by atoms with Gasteiger partial charge in [-0.2, -0.15) is 4.98 Å². The molecular weight excluding hydrogens is 484 g/mol. The number of aliphatic hydroxyl groups is 3. The first-order chi connectivity index (χ1) is 14.4. The Balaban J connectivity index is 0.000000920. The molecule has 2 heterocycles. The van der Waals surface area contributed by atoms with Crippen molar-refractivity contribution < 1.29 is 58.7 Å². The largest absolute Gasteiger partial charge is 0.480 e. The Kier molecular flexibility index (Phi) is 9.46. The summed E-state index contributed by atoms with van der Waals surface area (Å²) in [6.45, 7) is -0.639. The first kappa shape index (κ1) is 28.1. The molecule has 184 valence electrons. The molecule has 0 radical (unpaired) electrons. The van der Waals surface area contributed by atoms with Crippen LogP contribution < -0.4 is 22.2 Å². The van der Waals surface area contributed by atoms with Gasteiger partial charge in [0.05, 0.1) is 18.5 Å². The second-order valence-electron chi connectivity index (χ2n) is 6.43. The van der Waals surface area contributed by atoms with Gasteiger partial charge in [0, 0.05) is 6.20 Å². The number of ether oxygens (including phenoxy) is 1. The van der Waals surface area contributed by atoms with Gasteiger partial charge in [-0.05, 0) is 0 Å². The Morgan fingerprint density at radius 2 is 1.78 bits per heavy atom. The van der Waals surface area contributed by atoms with Crippen molar-refractivity contribution in [1.29, 1.82) is 0 Å². The molecule has 1 fully saturated rings. The predicted octanol–water partition coefficient (Wildman–Crippen LogP) is -4.48. The lowest BCUT2D eigenvalue weighted by molar-refractivity contribution is -0.137. The first-order valence-corrected chi connectivity index (χ1v) is 11.8. The maximum Gasteiger partial charge on any atom is 0.397 e. The first-order valence-electron chi connectivity index (χ1n) is 8.33. The maximum absolute atomic E-state index is 12.0. The molecule has 5 atom stereocenters. The molecule has 0 aliphatic carbocycles. The summed E-state index contributed by atoms with van der Waals surface area (Å²) in [5.74, 6) is -2.05. The zero-order chi connectivity index (χ0) is 25.0. The van der Waals surface area contributed by atoms with Gasteiger partial charge in [-0.15, -0.1) is 0 Å². The van der Waals surface area contributed by atoms with Crippen LogP contribution in [0.25, 0.3) is 0 Å². The average Bonchev–Trinajstić information content (AvgIpc) is 2.88. The van der Waals surface area contributed by atoms with Crippen LogP contribution in [0.2, 0.25) is 0 Å². The molecule has 0 saturated carbocycles. The quantitative estimate of drug-likeness (QED) is 0.155. The molecule has 2 rings (SSSR count). The topological polar surface area (TPSA) is 321 Å². The summed E-state index contributed by atoms with van der Waals surface area (Å²) in [5.41, 5.74) is 8.30. The molecule has 0 amide bonds.